The molecule has 0 aliphatic carbocycles. The first-order chi connectivity index (χ1) is 10.1. The molecule has 0 radical (unpaired) electrons. The molecule has 0 aromatic heterocycles. The van der Waals surface area contributed by atoms with Crippen LogP contribution in [0.4, 0.5) is 5.69 Å². The molecule has 0 aliphatic heterocycles. The number of carbonyl (C=O) groups excluding carboxylic acids is 1. The lowest BCUT2D eigenvalue weighted by atomic mass is 10.1. The van der Waals surface area contributed by atoms with Crippen molar-refractivity contribution in [2.45, 2.75) is 33.3 Å². The molecule has 0 heterocycles. The van der Waals surface area contributed by atoms with Crippen LogP contribution < -0.4 is 10.1 Å². The minimum Gasteiger partial charge on any atom is -0.481 e. The van der Waals surface area contributed by atoms with Gasteiger partial charge in [0.15, 0.2) is 6.10 Å². The van der Waals surface area contributed by atoms with Crippen molar-refractivity contribution in [3.63, 3.8) is 0 Å². The van der Waals surface area contributed by atoms with Gasteiger partial charge in [-0.2, -0.15) is 0 Å². The quantitative estimate of drug-likeness (QED) is 0.902. The predicted molar refractivity (Wildman–Crippen MR) is 85.7 cm³/mol. The Labute approximate surface area is 126 Å². The number of benzene rings is 2. The van der Waals surface area contributed by atoms with Gasteiger partial charge < -0.3 is 10.1 Å². The molecule has 1 N–H and O–H groups in total. The number of amides is 1. The van der Waals surface area contributed by atoms with Gasteiger partial charge in [-0.05, 0) is 43.5 Å². The van der Waals surface area contributed by atoms with Crippen LogP contribution in [0.1, 0.15) is 25.0 Å². The van der Waals surface area contributed by atoms with E-state index in [1.54, 1.807) is 6.92 Å². The van der Waals surface area contributed by atoms with E-state index in [0.29, 0.717) is 0 Å². The van der Waals surface area contributed by atoms with Crippen molar-refractivity contribution in [2.75, 3.05) is 5.32 Å². The van der Waals surface area contributed by atoms with Crippen LogP contribution in [0.3, 0.4) is 0 Å². The normalized spacial score (nSPS) is 11.8. The molecule has 0 fully saturated rings. The highest BCUT2D eigenvalue weighted by atomic mass is 16.5. The van der Waals surface area contributed by atoms with E-state index in [1.165, 1.54) is 0 Å². The van der Waals surface area contributed by atoms with Gasteiger partial charge >= 0.3 is 0 Å². The molecule has 2 aromatic carbocycles. The van der Waals surface area contributed by atoms with Gasteiger partial charge in [0.1, 0.15) is 5.75 Å². The van der Waals surface area contributed by atoms with Crippen molar-refractivity contribution < 1.29 is 9.53 Å². The summed E-state index contributed by atoms with van der Waals surface area (Å²) in [5.74, 6) is 0.627. The van der Waals surface area contributed by atoms with Crippen LogP contribution in [-0.2, 0) is 11.2 Å². The molecule has 0 spiro atoms. The van der Waals surface area contributed by atoms with Crippen LogP contribution in [0, 0.1) is 6.92 Å². The third kappa shape index (κ3) is 3.85. The maximum Gasteiger partial charge on any atom is 0.265 e. The van der Waals surface area contributed by atoms with Gasteiger partial charge in [-0.3, -0.25) is 4.79 Å². The number of rotatable bonds is 5. The molecule has 2 aromatic rings. The second-order valence-corrected chi connectivity index (χ2v) is 5.03. The Morgan fingerprint density at radius 3 is 2.52 bits per heavy atom. The van der Waals surface area contributed by atoms with Gasteiger partial charge in [-0.1, -0.05) is 43.3 Å². The van der Waals surface area contributed by atoms with Gasteiger partial charge in [0.05, 0.1) is 0 Å². The van der Waals surface area contributed by atoms with Crippen molar-refractivity contribution in [1.29, 1.82) is 0 Å². The zero-order valence-electron chi connectivity index (χ0n) is 12.7. The fraction of sp³-hybridized carbons (Fsp3) is 0.278. The van der Waals surface area contributed by atoms with E-state index >= 15 is 0 Å². The third-order valence-electron chi connectivity index (χ3n) is 3.43. The van der Waals surface area contributed by atoms with E-state index in [0.717, 1.165) is 29.0 Å². The SMILES string of the molecule is CCc1ccccc1OC(C)C(=O)Nc1ccccc1C. The summed E-state index contributed by atoms with van der Waals surface area (Å²) in [5.41, 5.74) is 2.96. The number of hydrogen-bond donors (Lipinski definition) is 1. The summed E-state index contributed by atoms with van der Waals surface area (Å²) < 4.78 is 5.80. The van der Waals surface area contributed by atoms with E-state index in [2.05, 4.69) is 12.2 Å². The average molecular weight is 283 g/mol. The third-order valence-corrected chi connectivity index (χ3v) is 3.43. The lowest BCUT2D eigenvalue weighted by Gasteiger charge is -2.17. The van der Waals surface area contributed by atoms with Crippen LogP contribution in [0.2, 0.25) is 0 Å². The van der Waals surface area contributed by atoms with Gasteiger partial charge in [0.25, 0.3) is 5.91 Å². The Hall–Kier alpha value is -2.29. The molecule has 110 valence electrons. The van der Waals surface area contributed by atoms with E-state index in [9.17, 15) is 4.79 Å². The summed E-state index contributed by atoms with van der Waals surface area (Å²) in [6, 6.07) is 15.5. The lowest BCUT2D eigenvalue weighted by Crippen LogP contribution is -2.30. The van der Waals surface area contributed by atoms with Crippen LogP contribution in [-0.4, -0.2) is 12.0 Å². The molecule has 0 saturated carbocycles. The zero-order valence-corrected chi connectivity index (χ0v) is 12.7. The molecule has 0 saturated heterocycles. The van der Waals surface area contributed by atoms with Crippen molar-refractivity contribution in [3.05, 3.63) is 59.7 Å². The van der Waals surface area contributed by atoms with E-state index < -0.39 is 6.10 Å². The summed E-state index contributed by atoms with van der Waals surface area (Å²) in [4.78, 5) is 12.2. The Bertz CT molecular complexity index is 622. The number of aryl methyl sites for hydroxylation is 2. The fourth-order valence-electron chi connectivity index (χ4n) is 2.10. The Morgan fingerprint density at radius 2 is 1.81 bits per heavy atom. The predicted octanol–water partition coefficient (Wildman–Crippen LogP) is 3.96. The van der Waals surface area contributed by atoms with Gasteiger partial charge in [-0.25, -0.2) is 0 Å². The maximum absolute atomic E-state index is 12.2. The highest BCUT2D eigenvalue weighted by Gasteiger charge is 2.16. The second-order valence-electron chi connectivity index (χ2n) is 5.03. The van der Waals surface area contributed by atoms with Crippen molar-refractivity contribution >= 4 is 11.6 Å². The van der Waals surface area contributed by atoms with Crippen molar-refractivity contribution in [1.82, 2.24) is 0 Å². The zero-order chi connectivity index (χ0) is 15.2. The highest BCUT2D eigenvalue weighted by molar-refractivity contribution is 5.94. The summed E-state index contributed by atoms with van der Waals surface area (Å²) in [6.07, 6.45) is 0.333. The molecule has 1 unspecified atom stereocenters. The van der Waals surface area contributed by atoms with E-state index in [-0.39, 0.29) is 5.91 Å². The van der Waals surface area contributed by atoms with Crippen LogP contribution in [0.5, 0.6) is 5.75 Å². The molecule has 3 heteroatoms. The minimum atomic E-state index is -0.544. The maximum atomic E-state index is 12.2. The Morgan fingerprint density at radius 1 is 1.14 bits per heavy atom. The first kappa shape index (κ1) is 15.1. The molecule has 0 aliphatic rings. The lowest BCUT2D eigenvalue weighted by molar-refractivity contribution is -0.122. The van der Waals surface area contributed by atoms with Crippen molar-refractivity contribution in [3.8, 4) is 5.75 Å². The van der Waals surface area contributed by atoms with Gasteiger partial charge in [-0.15, -0.1) is 0 Å². The summed E-state index contributed by atoms with van der Waals surface area (Å²) in [5, 5.41) is 2.90. The minimum absolute atomic E-state index is 0.143. The number of nitrogens with one attached hydrogen (secondary N) is 1. The first-order valence-electron chi connectivity index (χ1n) is 7.23. The highest BCUT2D eigenvalue weighted by Crippen LogP contribution is 2.20. The second kappa shape index (κ2) is 6.93. The molecule has 0 bridgehead atoms. The Kier molecular flexibility index (Phi) is 4.99. The standard InChI is InChI=1S/C18H21NO2/c1-4-15-10-6-8-12-17(15)21-14(3)18(20)19-16-11-7-5-9-13(16)2/h5-12,14H,4H2,1-3H3,(H,19,20). The van der Waals surface area contributed by atoms with Crippen LogP contribution in [0.25, 0.3) is 0 Å². The van der Waals surface area contributed by atoms with Crippen molar-refractivity contribution in [2.24, 2.45) is 0 Å². The van der Waals surface area contributed by atoms with Gasteiger partial charge in [0.2, 0.25) is 0 Å². The summed E-state index contributed by atoms with van der Waals surface area (Å²) in [6.45, 7) is 5.80. The van der Waals surface area contributed by atoms with Crippen LogP contribution >= 0.6 is 0 Å². The first-order valence-corrected chi connectivity index (χ1v) is 7.23. The molecular weight excluding hydrogens is 262 g/mol. The molecule has 1 atom stereocenters. The van der Waals surface area contributed by atoms with E-state index in [4.69, 9.17) is 4.74 Å². The van der Waals surface area contributed by atoms with Gasteiger partial charge in [0, 0.05) is 5.69 Å². The summed E-state index contributed by atoms with van der Waals surface area (Å²) in [7, 11) is 0. The topological polar surface area (TPSA) is 38.3 Å². The van der Waals surface area contributed by atoms with Crippen LogP contribution in [0.15, 0.2) is 48.5 Å². The molecule has 21 heavy (non-hydrogen) atoms. The number of carbonyl (C=O) groups is 1. The molecular formula is C18H21NO2. The number of para-hydroxylation sites is 2. The molecule has 3 nitrogen and oxygen atoms in total. The fourth-order valence-corrected chi connectivity index (χ4v) is 2.10. The monoisotopic (exact) mass is 283 g/mol. The number of anilines is 1. The Balaban J connectivity index is 2.05. The summed E-state index contributed by atoms with van der Waals surface area (Å²) >= 11 is 0. The van der Waals surface area contributed by atoms with E-state index in [1.807, 2.05) is 55.5 Å². The smallest absolute Gasteiger partial charge is 0.265 e. The molecule has 1 amide bonds. The number of ether oxygens (including phenoxy) is 1. The number of hydrogen-bond acceptors (Lipinski definition) is 2. The average Bonchev–Trinajstić information content (AvgIpc) is 2.50. The molecule has 2 rings (SSSR count). The largest absolute Gasteiger partial charge is 0.481 e.